The van der Waals surface area contributed by atoms with Crippen LogP contribution in [-0.4, -0.2) is 22.2 Å². The zero-order chi connectivity index (χ0) is 19.4. The van der Waals surface area contributed by atoms with Crippen molar-refractivity contribution in [3.8, 4) is 17.2 Å². The summed E-state index contributed by atoms with van der Waals surface area (Å²) in [6.45, 7) is 3.67. The van der Waals surface area contributed by atoms with Gasteiger partial charge in [-0.3, -0.25) is 19.6 Å². The Bertz CT molecular complexity index is 1070. The fraction of sp³-hybridized carbons (Fsp3) is 0.0952. The van der Waals surface area contributed by atoms with Gasteiger partial charge >= 0.3 is 0 Å². The van der Waals surface area contributed by atoms with Gasteiger partial charge in [0.15, 0.2) is 6.29 Å². The van der Waals surface area contributed by atoms with Gasteiger partial charge in [0.1, 0.15) is 11.8 Å². The fourth-order valence-corrected chi connectivity index (χ4v) is 2.79. The molecule has 0 spiro atoms. The Labute approximate surface area is 156 Å². The topological polar surface area (TPSA) is 95.7 Å². The minimum Gasteiger partial charge on any atom is -0.320 e. The van der Waals surface area contributed by atoms with Gasteiger partial charge in [0.05, 0.1) is 11.3 Å². The van der Waals surface area contributed by atoms with E-state index in [1.165, 1.54) is 18.3 Å². The molecule has 1 aromatic carbocycles. The van der Waals surface area contributed by atoms with Crippen molar-refractivity contribution < 1.29 is 9.59 Å². The molecule has 2 aromatic heterocycles. The first-order chi connectivity index (χ1) is 13.0. The molecule has 0 atom stereocenters. The minimum atomic E-state index is -0.376. The second-order valence-corrected chi connectivity index (χ2v) is 5.96. The lowest BCUT2D eigenvalue weighted by Gasteiger charge is -2.14. The van der Waals surface area contributed by atoms with E-state index in [1.54, 1.807) is 25.3 Å². The van der Waals surface area contributed by atoms with Crippen molar-refractivity contribution in [1.82, 2.24) is 9.97 Å². The molecule has 6 nitrogen and oxygen atoms in total. The summed E-state index contributed by atoms with van der Waals surface area (Å²) in [5.41, 5.74) is 4.85. The first-order valence-electron chi connectivity index (χ1n) is 8.23. The second kappa shape index (κ2) is 7.58. The normalized spacial score (nSPS) is 10.1. The average Bonchev–Trinajstić information content (AvgIpc) is 2.69. The van der Waals surface area contributed by atoms with Crippen LogP contribution in [0.1, 0.15) is 37.7 Å². The van der Waals surface area contributed by atoms with E-state index in [2.05, 4.69) is 21.4 Å². The summed E-state index contributed by atoms with van der Waals surface area (Å²) in [6, 6.07) is 12.5. The van der Waals surface area contributed by atoms with Gasteiger partial charge in [-0.15, -0.1) is 0 Å². The number of anilines is 1. The summed E-state index contributed by atoms with van der Waals surface area (Å²) >= 11 is 0. The molecule has 132 valence electrons. The fourth-order valence-electron chi connectivity index (χ4n) is 2.79. The predicted molar refractivity (Wildman–Crippen MR) is 101 cm³/mol. The molecule has 3 aromatic rings. The largest absolute Gasteiger partial charge is 0.320 e. The summed E-state index contributed by atoms with van der Waals surface area (Å²) in [6.07, 6.45) is 3.69. The number of nitrogens with one attached hydrogen (secondary N) is 1. The van der Waals surface area contributed by atoms with Gasteiger partial charge in [0.25, 0.3) is 5.91 Å². The Hall–Kier alpha value is -3.85. The van der Waals surface area contributed by atoms with Crippen LogP contribution in [0.25, 0.3) is 11.1 Å². The number of carbonyl (C=O) groups is 2. The van der Waals surface area contributed by atoms with Crippen LogP contribution in [0.5, 0.6) is 0 Å². The van der Waals surface area contributed by atoms with Crippen LogP contribution in [0, 0.1) is 25.2 Å². The smallest absolute Gasteiger partial charge is 0.274 e. The number of aldehydes is 1. The maximum absolute atomic E-state index is 12.5. The number of carbonyl (C=O) groups excluding carboxylic acids is 2. The van der Waals surface area contributed by atoms with Gasteiger partial charge in [0, 0.05) is 29.2 Å². The van der Waals surface area contributed by atoms with Crippen molar-refractivity contribution in [2.24, 2.45) is 0 Å². The first-order valence-corrected chi connectivity index (χ1v) is 8.23. The van der Waals surface area contributed by atoms with Crippen molar-refractivity contribution in [2.75, 3.05) is 5.32 Å². The number of pyridine rings is 2. The molecule has 3 rings (SSSR count). The Balaban J connectivity index is 1.96. The first kappa shape index (κ1) is 18.0. The third-order valence-corrected chi connectivity index (χ3v) is 4.28. The van der Waals surface area contributed by atoms with Gasteiger partial charge in [-0.25, -0.2) is 0 Å². The summed E-state index contributed by atoms with van der Waals surface area (Å²) in [4.78, 5) is 31.3. The average molecular weight is 356 g/mol. The van der Waals surface area contributed by atoms with Crippen molar-refractivity contribution in [3.05, 3.63) is 76.9 Å². The van der Waals surface area contributed by atoms with Gasteiger partial charge in [-0.1, -0.05) is 12.1 Å². The van der Waals surface area contributed by atoms with E-state index < -0.39 is 0 Å². The monoisotopic (exact) mass is 356 g/mol. The summed E-state index contributed by atoms with van der Waals surface area (Å²) < 4.78 is 0. The number of aromatic nitrogens is 2. The van der Waals surface area contributed by atoms with Crippen LogP contribution in [-0.2, 0) is 0 Å². The molecule has 2 heterocycles. The van der Waals surface area contributed by atoms with Crippen LogP contribution < -0.4 is 5.32 Å². The SMILES string of the molecule is Cc1nccc(-c2cccc(NC(=O)c3ccc(C=O)cn3)c2C)c1C#N. The molecule has 0 bridgehead atoms. The molecule has 0 radical (unpaired) electrons. The Morgan fingerprint density at radius 1 is 1.11 bits per heavy atom. The quantitative estimate of drug-likeness (QED) is 0.719. The van der Waals surface area contributed by atoms with Crippen molar-refractivity contribution in [2.45, 2.75) is 13.8 Å². The number of nitriles is 1. The lowest BCUT2D eigenvalue weighted by Crippen LogP contribution is -2.14. The minimum absolute atomic E-state index is 0.211. The predicted octanol–water partition coefficient (Wildman–Crippen LogP) is 3.70. The Morgan fingerprint density at radius 2 is 1.93 bits per heavy atom. The highest BCUT2D eigenvalue weighted by Crippen LogP contribution is 2.31. The Morgan fingerprint density at radius 3 is 2.59 bits per heavy atom. The zero-order valence-corrected chi connectivity index (χ0v) is 14.9. The van der Waals surface area contributed by atoms with Gasteiger partial charge < -0.3 is 5.32 Å². The molecule has 0 saturated carbocycles. The molecule has 0 aliphatic carbocycles. The number of nitrogens with zero attached hydrogens (tertiary/aromatic N) is 3. The third kappa shape index (κ3) is 3.58. The molecule has 0 aliphatic rings. The number of hydrogen-bond acceptors (Lipinski definition) is 5. The van der Waals surface area contributed by atoms with E-state index in [0.29, 0.717) is 28.8 Å². The standard InChI is InChI=1S/C21H16N4O2/c1-13-16(17-8-9-23-14(2)18(17)10-22)4-3-5-19(13)25-21(27)20-7-6-15(12-26)11-24-20/h3-9,11-12H,1-2H3,(H,25,27). The molecular weight excluding hydrogens is 340 g/mol. The van der Waals surface area contributed by atoms with Crippen LogP contribution >= 0.6 is 0 Å². The maximum atomic E-state index is 12.5. The lowest BCUT2D eigenvalue weighted by atomic mass is 9.95. The van der Waals surface area contributed by atoms with E-state index in [9.17, 15) is 14.9 Å². The summed E-state index contributed by atoms with van der Waals surface area (Å²) in [7, 11) is 0. The van der Waals surface area contributed by atoms with Crippen LogP contribution in [0.2, 0.25) is 0 Å². The lowest BCUT2D eigenvalue weighted by molar-refractivity contribution is 0.102. The highest BCUT2D eigenvalue weighted by atomic mass is 16.1. The van der Waals surface area contributed by atoms with Crippen LogP contribution in [0.15, 0.2) is 48.8 Å². The van der Waals surface area contributed by atoms with E-state index >= 15 is 0 Å². The number of amides is 1. The maximum Gasteiger partial charge on any atom is 0.274 e. The molecular formula is C21H16N4O2. The van der Waals surface area contributed by atoms with Gasteiger partial charge in [-0.05, 0) is 49.2 Å². The van der Waals surface area contributed by atoms with Crippen molar-refractivity contribution in [1.29, 1.82) is 5.26 Å². The number of aryl methyl sites for hydroxylation is 1. The summed E-state index contributed by atoms with van der Waals surface area (Å²) in [5.74, 6) is -0.376. The molecule has 0 unspecified atom stereocenters. The molecule has 1 N–H and O–H groups in total. The highest BCUT2D eigenvalue weighted by molar-refractivity contribution is 6.04. The van der Waals surface area contributed by atoms with E-state index in [-0.39, 0.29) is 11.6 Å². The third-order valence-electron chi connectivity index (χ3n) is 4.28. The summed E-state index contributed by atoms with van der Waals surface area (Å²) in [5, 5.41) is 12.3. The van der Waals surface area contributed by atoms with Crippen LogP contribution in [0.3, 0.4) is 0 Å². The highest BCUT2D eigenvalue weighted by Gasteiger charge is 2.14. The molecule has 6 heteroatoms. The number of hydrogen-bond donors (Lipinski definition) is 1. The van der Waals surface area contributed by atoms with Crippen molar-refractivity contribution >= 4 is 17.9 Å². The van der Waals surface area contributed by atoms with E-state index in [4.69, 9.17) is 0 Å². The van der Waals surface area contributed by atoms with E-state index in [1.807, 2.05) is 19.1 Å². The Kier molecular flexibility index (Phi) is 5.04. The number of rotatable bonds is 4. The van der Waals surface area contributed by atoms with E-state index in [0.717, 1.165) is 16.7 Å². The number of benzene rings is 1. The molecule has 27 heavy (non-hydrogen) atoms. The van der Waals surface area contributed by atoms with Gasteiger partial charge in [-0.2, -0.15) is 5.26 Å². The second-order valence-electron chi connectivity index (χ2n) is 5.96. The van der Waals surface area contributed by atoms with Crippen LogP contribution in [0.4, 0.5) is 5.69 Å². The van der Waals surface area contributed by atoms with Crippen molar-refractivity contribution in [3.63, 3.8) is 0 Å². The van der Waals surface area contributed by atoms with Gasteiger partial charge in [0.2, 0.25) is 0 Å². The molecule has 0 fully saturated rings. The molecule has 0 saturated heterocycles. The molecule has 0 aliphatic heterocycles. The zero-order valence-electron chi connectivity index (χ0n) is 14.9. The molecule has 1 amide bonds.